The quantitative estimate of drug-likeness (QED) is 0.613. The predicted octanol–water partition coefficient (Wildman–Crippen LogP) is 3.33. The molecule has 1 heterocycles. The van der Waals surface area contributed by atoms with Crippen molar-refractivity contribution in [2.24, 2.45) is 0 Å². The van der Waals surface area contributed by atoms with Crippen molar-refractivity contribution in [2.75, 3.05) is 18.2 Å². The van der Waals surface area contributed by atoms with E-state index >= 15 is 0 Å². The lowest BCUT2D eigenvalue weighted by molar-refractivity contribution is -0.387. The SMILES string of the molecule is CS(=O)(=O)c1ccc(N[C@H](c2ccccc2)[C@@H]2CCCO2)cc1[N+](=O)[O-]. The molecule has 3 rings (SSSR count). The summed E-state index contributed by atoms with van der Waals surface area (Å²) in [4.78, 5) is 10.4. The van der Waals surface area contributed by atoms with E-state index in [9.17, 15) is 18.5 Å². The number of hydrogen-bond acceptors (Lipinski definition) is 6. The van der Waals surface area contributed by atoms with Crippen LogP contribution in [-0.4, -0.2) is 32.3 Å². The monoisotopic (exact) mass is 376 g/mol. The van der Waals surface area contributed by atoms with Gasteiger partial charge >= 0.3 is 0 Å². The molecule has 0 bridgehead atoms. The van der Waals surface area contributed by atoms with Gasteiger partial charge in [-0.3, -0.25) is 10.1 Å². The van der Waals surface area contributed by atoms with Crippen LogP contribution in [0.15, 0.2) is 53.4 Å². The van der Waals surface area contributed by atoms with Gasteiger partial charge in [0.2, 0.25) is 0 Å². The van der Waals surface area contributed by atoms with Crippen LogP contribution in [0.5, 0.6) is 0 Å². The van der Waals surface area contributed by atoms with Crippen molar-refractivity contribution < 1.29 is 18.1 Å². The molecule has 0 saturated carbocycles. The van der Waals surface area contributed by atoms with Crippen molar-refractivity contribution in [1.82, 2.24) is 0 Å². The Hall–Kier alpha value is -2.45. The summed E-state index contributed by atoms with van der Waals surface area (Å²) in [6, 6.07) is 13.6. The summed E-state index contributed by atoms with van der Waals surface area (Å²) in [6.07, 6.45) is 2.76. The standard InChI is InChI=1S/C18H20N2O5S/c1-26(23,24)17-10-9-14(12-15(17)20(21)22)19-18(16-8-5-11-25-16)13-6-3-2-4-7-13/h2-4,6-7,9-10,12,16,18-19H,5,8,11H2,1H3/t16-,18+/m0/s1. The van der Waals surface area contributed by atoms with Crippen LogP contribution in [0.2, 0.25) is 0 Å². The first kappa shape index (κ1) is 18.3. The number of benzene rings is 2. The Morgan fingerprint density at radius 3 is 2.54 bits per heavy atom. The van der Waals surface area contributed by atoms with Gasteiger partial charge in [0.05, 0.1) is 17.1 Å². The van der Waals surface area contributed by atoms with Crippen LogP contribution in [0.1, 0.15) is 24.4 Å². The van der Waals surface area contributed by atoms with Crippen molar-refractivity contribution >= 4 is 21.2 Å². The number of hydrogen-bond donors (Lipinski definition) is 1. The van der Waals surface area contributed by atoms with E-state index in [2.05, 4.69) is 5.32 Å². The molecule has 8 heteroatoms. The normalized spacial score (nSPS) is 18.4. The Morgan fingerprint density at radius 2 is 1.96 bits per heavy atom. The highest BCUT2D eigenvalue weighted by Crippen LogP contribution is 2.33. The Bertz CT molecular complexity index is 893. The predicted molar refractivity (Wildman–Crippen MR) is 98.0 cm³/mol. The highest BCUT2D eigenvalue weighted by Gasteiger charge is 2.29. The van der Waals surface area contributed by atoms with Gasteiger partial charge in [0, 0.05) is 24.6 Å². The van der Waals surface area contributed by atoms with Crippen LogP contribution in [-0.2, 0) is 14.6 Å². The minimum absolute atomic E-state index is 0.0500. The average molecular weight is 376 g/mol. The maximum atomic E-state index is 11.8. The van der Waals surface area contributed by atoms with Crippen molar-refractivity contribution in [3.63, 3.8) is 0 Å². The molecule has 0 aliphatic carbocycles. The second-order valence-corrected chi connectivity index (χ2v) is 8.28. The smallest absolute Gasteiger partial charge is 0.290 e. The summed E-state index contributed by atoms with van der Waals surface area (Å²) >= 11 is 0. The van der Waals surface area contributed by atoms with E-state index in [1.165, 1.54) is 12.1 Å². The molecule has 7 nitrogen and oxygen atoms in total. The molecule has 1 N–H and O–H groups in total. The van der Waals surface area contributed by atoms with Crippen LogP contribution in [0.4, 0.5) is 11.4 Å². The van der Waals surface area contributed by atoms with Gasteiger partial charge in [0.25, 0.3) is 5.69 Å². The number of sulfone groups is 1. The third kappa shape index (κ3) is 4.03. The fourth-order valence-electron chi connectivity index (χ4n) is 3.16. The number of nitrogens with zero attached hydrogens (tertiary/aromatic N) is 1. The molecule has 26 heavy (non-hydrogen) atoms. The zero-order valence-electron chi connectivity index (χ0n) is 14.3. The largest absolute Gasteiger partial charge is 0.376 e. The zero-order valence-corrected chi connectivity index (χ0v) is 15.1. The molecule has 1 saturated heterocycles. The second kappa shape index (κ2) is 7.43. The van der Waals surface area contributed by atoms with Gasteiger partial charge in [-0.25, -0.2) is 8.42 Å². The van der Waals surface area contributed by atoms with Gasteiger partial charge in [-0.2, -0.15) is 0 Å². The van der Waals surface area contributed by atoms with Gasteiger partial charge < -0.3 is 10.1 Å². The summed E-state index contributed by atoms with van der Waals surface area (Å²) < 4.78 is 29.4. The lowest BCUT2D eigenvalue weighted by Gasteiger charge is -2.26. The number of rotatable bonds is 6. The van der Waals surface area contributed by atoms with Crippen LogP contribution < -0.4 is 5.32 Å². The number of nitrogens with one attached hydrogen (secondary N) is 1. The van der Waals surface area contributed by atoms with Gasteiger partial charge in [0.1, 0.15) is 4.90 Å². The second-order valence-electron chi connectivity index (χ2n) is 6.30. The zero-order chi connectivity index (χ0) is 18.7. The number of anilines is 1. The summed E-state index contributed by atoms with van der Waals surface area (Å²) in [5, 5.41) is 14.6. The Morgan fingerprint density at radius 1 is 1.23 bits per heavy atom. The highest BCUT2D eigenvalue weighted by molar-refractivity contribution is 7.90. The lowest BCUT2D eigenvalue weighted by atomic mass is 9.99. The summed E-state index contributed by atoms with van der Waals surface area (Å²) in [6.45, 7) is 0.683. The first-order valence-electron chi connectivity index (χ1n) is 8.28. The maximum absolute atomic E-state index is 11.8. The van der Waals surface area contributed by atoms with E-state index in [-0.39, 0.29) is 17.0 Å². The molecule has 1 aliphatic rings. The minimum Gasteiger partial charge on any atom is -0.376 e. The van der Waals surface area contributed by atoms with E-state index in [1.807, 2.05) is 30.3 Å². The number of nitro benzene ring substituents is 1. The molecule has 0 unspecified atom stereocenters. The fourth-order valence-corrected chi connectivity index (χ4v) is 3.99. The molecule has 0 spiro atoms. The molecule has 0 amide bonds. The molecule has 2 aromatic carbocycles. The topological polar surface area (TPSA) is 98.5 Å². The molecule has 2 aromatic rings. The van der Waals surface area contributed by atoms with E-state index in [1.54, 1.807) is 6.07 Å². The van der Waals surface area contributed by atoms with Crippen molar-refractivity contribution in [3.8, 4) is 0 Å². The third-order valence-electron chi connectivity index (χ3n) is 4.37. The Kier molecular flexibility index (Phi) is 5.24. The first-order valence-corrected chi connectivity index (χ1v) is 10.2. The molecule has 2 atom stereocenters. The Labute approximate surface area is 152 Å². The van der Waals surface area contributed by atoms with Crippen LogP contribution in [0, 0.1) is 10.1 Å². The fraction of sp³-hybridized carbons (Fsp3) is 0.333. The molecule has 1 aliphatic heterocycles. The van der Waals surface area contributed by atoms with Gasteiger partial charge in [-0.15, -0.1) is 0 Å². The van der Waals surface area contributed by atoms with E-state index in [0.717, 1.165) is 24.7 Å². The van der Waals surface area contributed by atoms with Crippen LogP contribution in [0.3, 0.4) is 0 Å². The van der Waals surface area contributed by atoms with Crippen LogP contribution in [0.25, 0.3) is 0 Å². The maximum Gasteiger partial charge on any atom is 0.290 e. The lowest BCUT2D eigenvalue weighted by Crippen LogP contribution is -2.25. The number of nitro groups is 1. The van der Waals surface area contributed by atoms with E-state index in [4.69, 9.17) is 4.74 Å². The first-order chi connectivity index (χ1) is 12.4. The molecular formula is C18H20N2O5S. The van der Waals surface area contributed by atoms with Crippen molar-refractivity contribution in [2.45, 2.75) is 29.9 Å². The van der Waals surface area contributed by atoms with Gasteiger partial charge in [-0.1, -0.05) is 30.3 Å². The summed E-state index contributed by atoms with van der Waals surface area (Å²) in [5.41, 5.74) is 1.05. The van der Waals surface area contributed by atoms with Gasteiger partial charge in [0.15, 0.2) is 9.84 Å². The Balaban J connectivity index is 1.96. The molecule has 1 fully saturated rings. The van der Waals surface area contributed by atoms with E-state index < -0.39 is 20.4 Å². The van der Waals surface area contributed by atoms with Crippen LogP contribution >= 0.6 is 0 Å². The van der Waals surface area contributed by atoms with E-state index in [0.29, 0.717) is 12.3 Å². The van der Waals surface area contributed by atoms with Gasteiger partial charge in [-0.05, 0) is 30.5 Å². The molecule has 138 valence electrons. The summed E-state index contributed by atoms with van der Waals surface area (Å²) in [5.74, 6) is 0. The average Bonchev–Trinajstić information content (AvgIpc) is 3.13. The number of ether oxygens (including phenoxy) is 1. The summed E-state index contributed by atoms with van der Waals surface area (Å²) in [7, 11) is -3.69. The molecular weight excluding hydrogens is 356 g/mol. The third-order valence-corrected chi connectivity index (χ3v) is 5.52. The molecule has 0 aromatic heterocycles. The highest BCUT2D eigenvalue weighted by atomic mass is 32.2. The molecule has 0 radical (unpaired) electrons. The van der Waals surface area contributed by atoms with Crippen molar-refractivity contribution in [3.05, 3.63) is 64.2 Å². The van der Waals surface area contributed by atoms with Crippen molar-refractivity contribution in [1.29, 1.82) is 0 Å². The minimum atomic E-state index is -3.69.